The van der Waals surface area contributed by atoms with Gasteiger partial charge >= 0.3 is 12.1 Å². The van der Waals surface area contributed by atoms with Crippen molar-refractivity contribution in [1.82, 2.24) is 10.6 Å². The zero-order valence-corrected chi connectivity index (χ0v) is 22.4. The summed E-state index contributed by atoms with van der Waals surface area (Å²) < 4.78 is 11.3. The standard InChI is InChI=1S/C32H32N2O6/c1-3-4-18-28(30(35)34-29(31(36)37)21(2)39-19-22-12-6-5-7-13-22)33-32(38)40-20-27-25-16-10-8-14-23(25)24-15-9-11-17-26(24)27/h5-17,21,27-29H,18-20H2,1-2H3,(H,33,38)(H,34,35)(H,36,37)/t21-,28?,29+/m0/s1. The van der Waals surface area contributed by atoms with Crippen molar-refractivity contribution in [1.29, 1.82) is 0 Å². The highest BCUT2D eigenvalue weighted by Crippen LogP contribution is 2.44. The molecule has 1 aliphatic rings. The second-order valence-corrected chi connectivity index (χ2v) is 9.48. The van der Waals surface area contributed by atoms with Gasteiger partial charge in [0.2, 0.25) is 5.91 Å². The van der Waals surface area contributed by atoms with Crippen LogP contribution in [0.15, 0.2) is 78.9 Å². The molecule has 0 heterocycles. The van der Waals surface area contributed by atoms with Crippen molar-refractivity contribution in [3.05, 3.63) is 95.6 Å². The van der Waals surface area contributed by atoms with Gasteiger partial charge in [0.05, 0.1) is 12.7 Å². The van der Waals surface area contributed by atoms with Crippen LogP contribution in [0.25, 0.3) is 11.1 Å². The molecule has 0 bridgehead atoms. The van der Waals surface area contributed by atoms with Gasteiger partial charge < -0.3 is 25.2 Å². The van der Waals surface area contributed by atoms with E-state index in [4.69, 9.17) is 9.47 Å². The lowest BCUT2D eigenvalue weighted by Crippen LogP contribution is -2.55. The van der Waals surface area contributed by atoms with E-state index in [1.807, 2.05) is 78.9 Å². The molecular weight excluding hydrogens is 508 g/mol. The Hall–Kier alpha value is -4.61. The minimum absolute atomic E-state index is 0.0158. The molecule has 1 unspecified atom stereocenters. The number of benzene rings is 3. The fourth-order valence-electron chi connectivity index (χ4n) is 4.73. The number of fused-ring (bicyclic) bond motifs is 3. The highest BCUT2D eigenvalue weighted by Gasteiger charge is 2.32. The minimum atomic E-state index is -1.34. The first-order valence-electron chi connectivity index (χ1n) is 13.1. The monoisotopic (exact) mass is 540 g/mol. The van der Waals surface area contributed by atoms with E-state index in [1.165, 1.54) is 0 Å². The zero-order chi connectivity index (χ0) is 28.5. The van der Waals surface area contributed by atoms with Crippen LogP contribution in [0, 0.1) is 11.8 Å². The molecule has 0 radical (unpaired) electrons. The molecule has 2 amide bonds. The van der Waals surface area contributed by atoms with Gasteiger partial charge in [0, 0.05) is 12.3 Å². The van der Waals surface area contributed by atoms with Crippen LogP contribution >= 0.6 is 0 Å². The summed E-state index contributed by atoms with van der Waals surface area (Å²) in [5.41, 5.74) is 5.21. The van der Waals surface area contributed by atoms with Crippen LogP contribution in [0.4, 0.5) is 4.79 Å². The molecule has 8 heteroatoms. The number of hydrogen-bond donors (Lipinski definition) is 3. The van der Waals surface area contributed by atoms with E-state index in [0.717, 1.165) is 27.8 Å². The van der Waals surface area contributed by atoms with Crippen LogP contribution in [0.2, 0.25) is 0 Å². The molecule has 0 aliphatic heterocycles. The van der Waals surface area contributed by atoms with E-state index < -0.39 is 36.2 Å². The second kappa shape index (κ2) is 13.5. The molecule has 1 aliphatic carbocycles. The van der Waals surface area contributed by atoms with Gasteiger partial charge in [0.25, 0.3) is 0 Å². The fraction of sp³-hybridized carbons (Fsp3) is 0.281. The minimum Gasteiger partial charge on any atom is -0.480 e. The number of carbonyl (C=O) groups excluding carboxylic acids is 2. The van der Waals surface area contributed by atoms with Crippen molar-refractivity contribution < 1.29 is 29.0 Å². The van der Waals surface area contributed by atoms with Crippen molar-refractivity contribution in [2.24, 2.45) is 0 Å². The number of carbonyl (C=O) groups is 3. The van der Waals surface area contributed by atoms with E-state index in [2.05, 4.69) is 22.5 Å². The summed E-state index contributed by atoms with van der Waals surface area (Å²) in [5, 5.41) is 14.8. The van der Waals surface area contributed by atoms with E-state index in [9.17, 15) is 19.5 Å². The quantitative estimate of drug-likeness (QED) is 0.309. The Morgan fingerprint density at radius 2 is 1.50 bits per heavy atom. The molecule has 3 atom stereocenters. The summed E-state index contributed by atoms with van der Waals surface area (Å²) in [4.78, 5) is 37.9. The Morgan fingerprint density at radius 1 is 0.900 bits per heavy atom. The number of hydrogen-bond acceptors (Lipinski definition) is 5. The third kappa shape index (κ3) is 6.87. The molecule has 4 rings (SSSR count). The molecular formula is C32H32N2O6. The Morgan fingerprint density at radius 3 is 2.10 bits per heavy atom. The molecule has 0 aromatic heterocycles. The first kappa shape index (κ1) is 28.4. The number of alkyl carbamates (subject to hydrolysis) is 1. The normalized spacial score (nSPS) is 13.9. The van der Waals surface area contributed by atoms with Crippen LogP contribution in [0.5, 0.6) is 0 Å². The second-order valence-electron chi connectivity index (χ2n) is 9.48. The molecule has 40 heavy (non-hydrogen) atoms. The van der Waals surface area contributed by atoms with Crippen LogP contribution in [0.1, 0.15) is 42.9 Å². The predicted octanol–water partition coefficient (Wildman–Crippen LogP) is 4.48. The third-order valence-corrected chi connectivity index (χ3v) is 6.82. The topological polar surface area (TPSA) is 114 Å². The molecule has 0 saturated carbocycles. The van der Waals surface area contributed by atoms with Gasteiger partial charge in [0.15, 0.2) is 6.04 Å². The van der Waals surface area contributed by atoms with Gasteiger partial charge in [-0.2, -0.15) is 0 Å². The Balaban J connectivity index is 1.38. The summed E-state index contributed by atoms with van der Waals surface area (Å²) in [6, 6.07) is 22.8. The summed E-state index contributed by atoms with van der Waals surface area (Å²) >= 11 is 0. The predicted molar refractivity (Wildman–Crippen MR) is 150 cm³/mol. The molecule has 3 aromatic carbocycles. The Labute approximate surface area is 233 Å². The molecule has 0 spiro atoms. The highest BCUT2D eigenvalue weighted by atomic mass is 16.5. The summed E-state index contributed by atoms with van der Waals surface area (Å²) in [6.45, 7) is 3.45. The van der Waals surface area contributed by atoms with Gasteiger partial charge in [0.1, 0.15) is 12.6 Å². The summed E-state index contributed by atoms with van der Waals surface area (Å²) in [5.74, 6) is 3.39. The molecule has 8 nitrogen and oxygen atoms in total. The fourth-order valence-corrected chi connectivity index (χ4v) is 4.73. The summed E-state index contributed by atoms with van der Waals surface area (Å²) in [7, 11) is 0. The number of amides is 2. The van der Waals surface area contributed by atoms with Gasteiger partial charge in [-0.15, -0.1) is 11.8 Å². The maximum Gasteiger partial charge on any atom is 0.407 e. The van der Waals surface area contributed by atoms with Crippen molar-refractivity contribution in [3.63, 3.8) is 0 Å². The van der Waals surface area contributed by atoms with Crippen LogP contribution in [-0.4, -0.2) is 47.9 Å². The summed E-state index contributed by atoms with van der Waals surface area (Å²) in [6.07, 6.45) is -1.65. The molecule has 0 fully saturated rings. The number of aliphatic carboxylic acids is 1. The number of nitrogens with one attached hydrogen (secondary N) is 2. The molecule has 3 N–H and O–H groups in total. The Bertz CT molecular complexity index is 1370. The maximum atomic E-state index is 13.1. The van der Waals surface area contributed by atoms with E-state index in [1.54, 1.807) is 13.8 Å². The van der Waals surface area contributed by atoms with Crippen molar-refractivity contribution in [3.8, 4) is 23.0 Å². The van der Waals surface area contributed by atoms with Gasteiger partial charge in [-0.3, -0.25) is 4.79 Å². The average molecular weight is 541 g/mol. The lowest BCUT2D eigenvalue weighted by molar-refractivity contribution is -0.146. The number of carboxylic acids is 1. The van der Waals surface area contributed by atoms with Gasteiger partial charge in [-0.05, 0) is 41.7 Å². The Kier molecular flexibility index (Phi) is 9.55. The van der Waals surface area contributed by atoms with Gasteiger partial charge in [-0.25, -0.2) is 9.59 Å². The first-order chi connectivity index (χ1) is 19.4. The maximum absolute atomic E-state index is 13.1. The molecule has 206 valence electrons. The molecule has 3 aromatic rings. The SMILES string of the molecule is CC#CCC(NC(=O)OCC1c2ccccc2-c2ccccc21)C(=O)N[C@@H](C(=O)O)[C@H](C)OCc1ccccc1. The van der Waals surface area contributed by atoms with Crippen LogP contribution in [0.3, 0.4) is 0 Å². The lowest BCUT2D eigenvalue weighted by Gasteiger charge is -2.24. The van der Waals surface area contributed by atoms with E-state index >= 15 is 0 Å². The number of rotatable bonds is 11. The van der Waals surface area contributed by atoms with Crippen molar-refractivity contribution in [2.45, 2.75) is 51.0 Å². The van der Waals surface area contributed by atoms with E-state index in [-0.39, 0.29) is 25.6 Å². The first-order valence-corrected chi connectivity index (χ1v) is 13.1. The lowest BCUT2D eigenvalue weighted by atomic mass is 9.98. The molecule has 0 saturated heterocycles. The van der Waals surface area contributed by atoms with E-state index in [0.29, 0.717) is 0 Å². The van der Waals surface area contributed by atoms with Crippen molar-refractivity contribution in [2.75, 3.05) is 6.61 Å². The van der Waals surface area contributed by atoms with Crippen LogP contribution < -0.4 is 10.6 Å². The largest absolute Gasteiger partial charge is 0.480 e. The van der Waals surface area contributed by atoms with Gasteiger partial charge in [-0.1, -0.05) is 78.9 Å². The average Bonchev–Trinajstić information content (AvgIpc) is 3.29. The highest BCUT2D eigenvalue weighted by molar-refractivity contribution is 5.89. The van der Waals surface area contributed by atoms with Crippen molar-refractivity contribution >= 4 is 18.0 Å². The smallest absolute Gasteiger partial charge is 0.407 e. The van der Waals surface area contributed by atoms with Crippen LogP contribution in [-0.2, 0) is 25.7 Å². The number of carboxylic acid groups (broad SMARTS) is 1. The number of ether oxygens (including phenoxy) is 2. The zero-order valence-electron chi connectivity index (χ0n) is 22.4. The third-order valence-electron chi connectivity index (χ3n) is 6.82.